The Kier molecular flexibility index (Phi) is 5.29. The van der Waals surface area contributed by atoms with Crippen LogP contribution in [-0.4, -0.2) is 81.1 Å². The molecule has 2 heterocycles. The number of hydrogen-bond acceptors (Lipinski definition) is 4. The van der Waals surface area contributed by atoms with Gasteiger partial charge in [-0.25, -0.2) is 6.57 Å². The van der Waals surface area contributed by atoms with E-state index in [0.717, 1.165) is 57.9 Å². The molecule has 0 aromatic carbocycles. The monoisotopic (exact) mass is 428 g/mol. The highest BCUT2D eigenvalue weighted by Gasteiger charge is 2.59. The second kappa shape index (κ2) is 7.74. The van der Waals surface area contributed by atoms with Crippen LogP contribution in [0.2, 0.25) is 0 Å². The Morgan fingerprint density at radius 3 is 2.23 bits per heavy atom. The van der Waals surface area contributed by atoms with Gasteiger partial charge in [-0.1, -0.05) is 0 Å². The lowest BCUT2D eigenvalue weighted by atomic mass is 9.50. The van der Waals surface area contributed by atoms with Gasteiger partial charge >= 0.3 is 6.17 Å². The highest BCUT2D eigenvalue weighted by Crippen LogP contribution is 2.59. The van der Waals surface area contributed by atoms with Gasteiger partial charge in [0, 0.05) is 31.1 Å². The van der Waals surface area contributed by atoms with E-state index in [1.807, 2.05) is 4.90 Å². The van der Waals surface area contributed by atoms with E-state index in [9.17, 15) is 14.7 Å². The molecule has 6 aliphatic rings. The van der Waals surface area contributed by atoms with E-state index in [4.69, 9.17) is 6.57 Å². The van der Waals surface area contributed by atoms with Crippen LogP contribution in [0.15, 0.2) is 0 Å². The van der Waals surface area contributed by atoms with Crippen molar-refractivity contribution >= 4 is 11.8 Å². The summed E-state index contributed by atoms with van der Waals surface area (Å²) in [5, 5.41) is 11.3. The standard InChI is InChI=1S/C24H36N4O3/c1-17-5-3-7-27(17)21(29)14-26(15-22(30)28-8-4-6-20(28)25-2)23-10-18-9-19(11-23)13-24(31,12-18)16-23/h17-20,31H,3-16H2,1H3/t17-,18?,19?,20+,23?,24?/m1/s1. The van der Waals surface area contributed by atoms with Gasteiger partial charge < -0.3 is 10.0 Å². The van der Waals surface area contributed by atoms with E-state index in [0.29, 0.717) is 24.8 Å². The SMILES string of the molecule is [C-]#[N+][C@@H]1CCCN1C(=O)CN(CC(=O)N1CCC[C@H]1C)C12CC3CC(CC(O)(C3)C1)C2. The number of aliphatic hydroxyl groups is 1. The van der Waals surface area contributed by atoms with Crippen LogP contribution in [0.5, 0.6) is 0 Å². The molecule has 0 radical (unpaired) electrons. The lowest BCUT2D eigenvalue weighted by Crippen LogP contribution is -2.67. The van der Waals surface area contributed by atoms with Crippen LogP contribution in [0.1, 0.15) is 71.1 Å². The molecule has 4 atom stereocenters. The first-order valence-electron chi connectivity index (χ1n) is 12.2. The van der Waals surface area contributed by atoms with Crippen LogP contribution < -0.4 is 0 Å². The Morgan fingerprint density at radius 1 is 1.03 bits per heavy atom. The summed E-state index contributed by atoms with van der Waals surface area (Å²) in [4.78, 5) is 36.1. The number of amides is 2. The van der Waals surface area contributed by atoms with E-state index in [-0.39, 0.29) is 42.7 Å². The van der Waals surface area contributed by atoms with Crippen molar-refractivity contribution in [3.8, 4) is 0 Å². The van der Waals surface area contributed by atoms with Crippen LogP contribution in [0, 0.1) is 18.4 Å². The van der Waals surface area contributed by atoms with Crippen LogP contribution in [0.3, 0.4) is 0 Å². The van der Waals surface area contributed by atoms with E-state index in [1.165, 1.54) is 6.42 Å². The summed E-state index contributed by atoms with van der Waals surface area (Å²) >= 11 is 0. The minimum atomic E-state index is -0.637. The third-order valence-corrected chi connectivity index (χ3v) is 8.89. The van der Waals surface area contributed by atoms with Gasteiger partial charge in [-0.15, -0.1) is 0 Å². The Bertz CT molecular complexity index is 778. The van der Waals surface area contributed by atoms with Crippen molar-refractivity contribution in [1.82, 2.24) is 14.7 Å². The van der Waals surface area contributed by atoms with Crippen molar-refractivity contribution < 1.29 is 14.7 Å². The fourth-order valence-electron chi connectivity index (χ4n) is 7.91. The summed E-state index contributed by atoms with van der Waals surface area (Å²) in [5.41, 5.74) is -0.900. The molecule has 0 aromatic heterocycles. The average molecular weight is 429 g/mol. The number of likely N-dealkylation sites (tertiary alicyclic amines) is 2. The molecule has 6 fully saturated rings. The molecule has 2 amide bonds. The first-order chi connectivity index (χ1) is 14.8. The molecule has 170 valence electrons. The molecule has 0 spiro atoms. The Labute approximate surface area is 185 Å². The van der Waals surface area contributed by atoms with Gasteiger partial charge in [0.15, 0.2) is 0 Å². The van der Waals surface area contributed by atoms with Gasteiger partial charge in [-0.05, 0) is 76.5 Å². The fourth-order valence-corrected chi connectivity index (χ4v) is 7.91. The van der Waals surface area contributed by atoms with Crippen LogP contribution in [0.25, 0.3) is 4.85 Å². The van der Waals surface area contributed by atoms with E-state index >= 15 is 0 Å². The van der Waals surface area contributed by atoms with E-state index in [2.05, 4.69) is 16.7 Å². The zero-order valence-corrected chi connectivity index (χ0v) is 18.8. The highest BCUT2D eigenvalue weighted by molar-refractivity contribution is 5.82. The molecular formula is C24H36N4O3. The predicted molar refractivity (Wildman–Crippen MR) is 116 cm³/mol. The zero-order valence-electron chi connectivity index (χ0n) is 18.8. The molecule has 2 saturated heterocycles. The molecule has 31 heavy (non-hydrogen) atoms. The molecular weight excluding hydrogens is 392 g/mol. The minimum absolute atomic E-state index is 0.0245. The molecule has 4 bridgehead atoms. The lowest BCUT2D eigenvalue weighted by Gasteiger charge is -2.63. The number of hydrogen-bond donors (Lipinski definition) is 1. The molecule has 7 nitrogen and oxygen atoms in total. The van der Waals surface area contributed by atoms with Crippen molar-refractivity contribution in [2.24, 2.45) is 11.8 Å². The van der Waals surface area contributed by atoms with Crippen LogP contribution in [-0.2, 0) is 9.59 Å². The molecule has 2 aliphatic heterocycles. The summed E-state index contributed by atoms with van der Waals surface area (Å²) in [7, 11) is 0. The highest BCUT2D eigenvalue weighted by atomic mass is 16.3. The van der Waals surface area contributed by atoms with Gasteiger partial charge in [0.2, 0.25) is 11.8 Å². The van der Waals surface area contributed by atoms with Gasteiger partial charge in [0.05, 0.1) is 18.7 Å². The van der Waals surface area contributed by atoms with Gasteiger partial charge in [-0.3, -0.25) is 24.2 Å². The maximum absolute atomic E-state index is 13.3. The van der Waals surface area contributed by atoms with E-state index in [1.54, 1.807) is 4.90 Å². The van der Waals surface area contributed by atoms with E-state index < -0.39 is 5.60 Å². The predicted octanol–water partition coefficient (Wildman–Crippen LogP) is 2.25. The quantitative estimate of drug-likeness (QED) is 0.682. The topological polar surface area (TPSA) is 68.5 Å². The number of carbonyl (C=O) groups is 2. The molecule has 0 aromatic rings. The van der Waals surface area contributed by atoms with Crippen molar-refractivity contribution in [2.45, 2.75) is 94.5 Å². The molecule has 6 rings (SSSR count). The normalized spacial score (nSPS) is 41.2. The molecule has 7 heteroatoms. The second-order valence-corrected chi connectivity index (χ2v) is 11.2. The maximum atomic E-state index is 13.3. The fraction of sp³-hybridized carbons (Fsp3) is 0.875. The number of nitrogens with zero attached hydrogens (tertiary/aromatic N) is 4. The van der Waals surface area contributed by atoms with Gasteiger partial charge in [0.25, 0.3) is 0 Å². The molecule has 4 saturated carbocycles. The Hall–Kier alpha value is -1.65. The number of carbonyl (C=O) groups excluding carboxylic acids is 2. The molecule has 2 unspecified atom stereocenters. The largest absolute Gasteiger partial charge is 0.390 e. The summed E-state index contributed by atoms with van der Waals surface area (Å²) in [6, 6.07) is 0.260. The first kappa shape index (κ1) is 21.2. The van der Waals surface area contributed by atoms with Crippen LogP contribution >= 0.6 is 0 Å². The Morgan fingerprint density at radius 2 is 1.65 bits per heavy atom. The molecule has 4 aliphatic carbocycles. The summed E-state index contributed by atoms with van der Waals surface area (Å²) in [6.07, 6.45) is 8.90. The maximum Gasteiger partial charge on any atom is 0.300 e. The zero-order chi connectivity index (χ0) is 21.8. The van der Waals surface area contributed by atoms with Crippen molar-refractivity contribution in [2.75, 3.05) is 26.2 Å². The van der Waals surface area contributed by atoms with Gasteiger partial charge in [-0.2, -0.15) is 0 Å². The summed E-state index contributed by atoms with van der Waals surface area (Å²) < 4.78 is 0. The third kappa shape index (κ3) is 3.76. The minimum Gasteiger partial charge on any atom is -0.390 e. The van der Waals surface area contributed by atoms with Gasteiger partial charge in [0.1, 0.15) is 0 Å². The lowest BCUT2D eigenvalue weighted by molar-refractivity contribution is -0.181. The number of rotatable bonds is 5. The second-order valence-electron chi connectivity index (χ2n) is 11.2. The average Bonchev–Trinajstić information content (AvgIpc) is 3.34. The smallest absolute Gasteiger partial charge is 0.300 e. The summed E-state index contributed by atoms with van der Waals surface area (Å²) in [6.45, 7) is 11.4. The Balaban J connectivity index is 1.40. The first-order valence-corrected chi connectivity index (χ1v) is 12.2. The van der Waals surface area contributed by atoms with Crippen molar-refractivity contribution in [3.05, 3.63) is 11.4 Å². The molecule has 1 N–H and O–H groups in total. The van der Waals surface area contributed by atoms with Crippen LogP contribution in [0.4, 0.5) is 0 Å². The van der Waals surface area contributed by atoms with Crippen molar-refractivity contribution in [1.29, 1.82) is 0 Å². The summed E-state index contributed by atoms with van der Waals surface area (Å²) in [5.74, 6) is 1.08. The third-order valence-electron chi connectivity index (χ3n) is 8.89. The van der Waals surface area contributed by atoms with Crippen molar-refractivity contribution in [3.63, 3.8) is 0 Å².